The number of likely N-dealkylation sites (N-methyl/N-ethyl adjacent to an activating group) is 1. The molecule has 0 aromatic heterocycles. The smallest absolute Gasteiger partial charge is 0.211 e. The van der Waals surface area contributed by atoms with Crippen molar-refractivity contribution in [1.82, 2.24) is 4.90 Å². The lowest BCUT2D eigenvalue weighted by Crippen LogP contribution is -2.51. The van der Waals surface area contributed by atoms with Crippen LogP contribution in [0.1, 0.15) is 75.0 Å². The molecule has 258 valence electrons. The summed E-state index contributed by atoms with van der Waals surface area (Å²) in [4.78, 5) is 13.3. The van der Waals surface area contributed by atoms with Crippen molar-refractivity contribution in [3.8, 4) is 0 Å². The summed E-state index contributed by atoms with van der Waals surface area (Å²) in [7, 11) is 2.28. The summed E-state index contributed by atoms with van der Waals surface area (Å²) in [5.74, 6) is 1.00. The average Bonchev–Trinajstić information content (AvgIpc) is 3.43. The maximum absolute atomic E-state index is 5.60. The molecule has 0 fully saturated rings. The third kappa shape index (κ3) is 4.69. The zero-order valence-electron chi connectivity index (χ0n) is 30.3. The zero-order chi connectivity index (χ0) is 34.8. The van der Waals surface area contributed by atoms with Crippen LogP contribution in [0, 0.1) is 0 Å². The van der Waals surface area contributed by atoms with Gasteiger partial charge in [-0.15, -0.1) is 0 Å². The second-order valence-corrected chi connectivity index (χ2v) is 15.4. The molecule has 0 radical (unpaired) electrons. The first-order valence-electron chi connectivity index (χ1n) is 19.3. The molecule has 3 heterocycles. The van der Waals surface area contributed by atoms with E-state index < -0.39 is 0 Å². The monoisotopic (exact) mass is 678 g/mol. The number of allylic oxidation sites excluding steroid dienone is 10. The molecule has 3 aliphatic heterocycles. The zero-order valence-corrected chi connectivity index (χ0v) is 30.3. The van der Waals surface area contributed by atoms with Crippen molar-refractivity contribution in [3.05, 3.63) is 178 Å². The molecular weight excluding hydrogens is 633 g/mol. The van der Waals surface area contributed by atoms with Crippen molar-refractivity contribution >= 4 is 28.6 Å². The van der Waals surface area contributed by atoms with Crippen LogP contribution in [0.3, 0.4) is 0 Å². The van der Waals surface area contributed by atoms with E-state index in [0.29, 0.717) is 0 Å². The molecule has 4 heteroatoms. The van der Waals surface area contributed by atoms with Gasteiger partial charge in [0.05, 0.1) is 29.2 Å². The Kier molecular flexibility index (Phi) is 7.49. The van der Waals surface area contributed by atoms with Crippen molar-refractivity contribution in [2.45, 2.75) is 75.8 Å². The number of anilines is 3. The SMILES string of the molecule is CN1C(N2C3=C(CCC=C3)C3N(c4ccc(C5=CC=CCC5)cc4)c4ccccc4C3(C)c3ccccc32)=NC2=C(CCC=C2)C1C1=CCCC=C1. The Morgan fingerprint density at radius 2 is 1.40 bits per heavy atom. The van der Waals surface area contributed by atoms with Crippen LogP contribution in [0.15, 0.2) is 167 Å². The van der Waals surface area contributed by atoms with Gasteiger partial charge in [0, 0.05) is 23.8 Å². The maximum atomic E-state index is 5.60. The molecule has 3 unspecified atom stereocenters. The molecule has 0 amide bonds. The van der Waals surface area contributed by atoms with Gasteiger partial charge in [0.1, 0.15) is 0 Å². The van der Waals surface area contributed by atoms with Gasteiger partial charge in [-0.05, 0) is 134 Å². The van der Waals surface area contributed by atoms with Crippen LogP contribution in [0.25, 0.3) is 5.57 Å². The van der Waals surface area contributed by atoms with Crippen LogP contribution < -0.4 is 9.80 Å². The highest BCUT2D eigenvalue weighted by Crippen LogP contribution is 2.59. The fourth-order valence-electron chi connectivity index (χ4n) is 10.1. The number of aliphatic imine (C=N–C) groups is 1. The van der Waals surface area contributed by atoms with Crippen molar-refractivity contribution in [2.75, 3.05) is 16.8 Å². The number of hydrogen-bond acceptors (Lipinski definition) is 4. The lowest BCUT2D eigenvalue weighted by molar-refractivity contribution is 0.427. The summed E-state index contributed by atoms with van der Waals surface area (Å²) in [6.45, 7) is 2.51. The minimum atomic E-state index is -0.305. The van der Waals surface area contributed by atoms with E-state index in [1.54, 1.807) is 0 Å². The molecule has 0 N–H and O–H groups in total. The highest BCUT2D eigenvalue weighted by molar-refractivity contribution is 6.04. The first-order chi connectivity index (χ1) is 25.6. The van der Waals surface area contributed by atoms with E-state index in [1.165, 1.54) is 61.7 Å². The van der Waals surface area contributed by atoms with E-state index in [2.05, 4.69) is 162 Å². The molecule has 0 spiro atoms. The van der Waals surface area contributed by atoms with Crippen LogP contribution in [0.4, 0.5) is 17.1 Å². The van der Waals surface area contributed by atoms with E-state index in [4.69, 9.17) is 4.99 Å². The molecular formula is C48H46N4. The standard InChI is InChI=1S/C48H46N4/c1-48-39-23-11-15-27-43(39)51(36-31-29-34(30-32-36)33-17-5-3-6-18-33)46(48)38-22-10-14-26-42(38)52(44-28-16-12-24-40(44)48)47-49-41-25-13-9-21-37(41)45(50(47)2)35-19-7-4-8-20-35/h3,5,7,11-17,19-20,23-32,45-46H,4,6,8-10,18,21-22H2,1-2H3. The Hall–Kier alpha value is -5.35. The molecule has 4 nitrogen and oxygen atoms in total. The number of rotatable bonds is 3. The van der Waals surface area contributed by atoms with Gasteiger partial charge in [-0.25, -0.2) is 4.99 Å². The fraction of sp³-hybridized carbons (Fsp3) is 0.271. The lowest BCUT2D eigenvalue weighted by atomic mass is 9.69. The van der Waals surface area contributed by atoms with Gasteiger partial charge in [0.25, 0.3) is 0 Å². The van der Waals surface area contributed by atoms with E-state index >= 15 is 0 Å². The predicted molar refractivity (Wildman–Crippen MR) is 217 cm³/mol. The van der Waals surface area contributed by atoms with Crippen LogP contribution in [0.5, 0.6) is 0 Å². The second-order valence-electron chi connectivity index (χ2n) is 15.4. The van der Waals surface area contributed by atoms with Crippen molar-refractivity contribution < 1.29 is 0 Å². The van der Waals surface area contributed by atoms with Crippen LogP contribution in [0.2, 0.25) is 0 Å². The second kappa shape index (κ2) is 12.4. The topological polar surface area (TPSA) is 22.1 Å². The van der Waals surface area contributed by atoms with Gasteiger partial charge < -0.3 is 9.80 Å². The molecule has 3 aromatic carbocycles. The van der Waals surface area contributed by atoms with Gasteiger partial charge in [0.2, 0.25) is 5.96 Å². The van der Waals surface area contributed by atoms with E-state index in [-0.39, 0.29) is 17.5 Å². The largest absolute Gasteiger partial charge is 0.334 e. The predicted octanol–water partition coefficient (Wildman–Crippen LogP) is 11.2. The minimum Gasteiger partial charge on any atom is -0.334 e. The van der Waals surface area contributed by atoms with Crippen LogP contribution >= 0.6 is 0 Å². The minimum absolute atomic E-state index is 0.0947. The van der Waals surface area contributed by atoms with Crippen molar-refractivity contribution in [3.63, 3.8) is 0 Å². The molecule has 10 rings (SSSR count). The summed E-state index contributed by atoms with van der Waals surface area (Å²) in [6.07, 6.45) is 31.8. The molecule has 4 aliphatic carbocycles. The highest BCUT2D eigenvalue weighted by Gasteiger charge is 2.55. The Bertz CT molecular complexity index is 2250. The Morgan fingerprint density at radius 1 is 0.692 bits per heavy atom. The summed E-state index contributed by atoms with van der Waals surface area (Å²) >= 11 is 0. The summed E-state index contributed by atoms with van der Waals surface area (Å²) < 4.78 is 0. The van der Waals surface area contributed by atoms with Crippen LogP contribution in [-0.4, -0.2) is 30.0 Å². The molecule has 0 bridgehead atoms. The van der Waals surface area contributed by atoms with Gasteiger partial charge in [0.15, 0.2) is 0 Å². The number of guanidine groups is 1. The summed E-state index contributed by atoms with van der Waals surface area (Å²) in [6, 6.07) is 28.0. The quantitative estimate of drug-likeness (QED) is 0.275. The summed E-state index contributed by atoms with van der Waals surface area (Å²) in [5.41, 5.74) is 15.6. The third-order valence-corrected chi connectivity index (χ3v) is 12.5. The normalized spacial score (nSPS) is 25.9. The Balaban J connectivity index is 1.19. The van der Waals surface area contributed by atoms with E-state index in [9.17, 15) is 0 Å². The van der Waals surface area contributed by atoms with Crippen LogP contribution in [-0.2, 0) is 5.41 Å². The van der Waals surface area contributed by atoms with E-state index in [1.807, 2.05) is 0 Å². The van der Waals surface area contributed by atoms with Gasteiger partial charge >= 0.3 is 0 Å². The molecule has 3 atom stereocenters. The number of hydrogen-bond donors (Lipinski definition) is 0. The first-order valence-corrected chi connectivity index (χ1v) is 19.3. The molecule has 0 saturated carbocycles. The van der Waals surface area contributed by atoms with Gasteiger partial charge in [-0.2, -0.15) is 0 Å². The molecule has 7 aliphatic rings. The van der Waals surface area contributed by atoms with Crippen molar-refractivity contribution in [2.24, 2.45) is 4.99 Å². The average molecular weight is 679 g/mol. The third-order valence-electron chi connectivity index (χ3n) is 12.5. The molecule has 3 aromatic rings. The number of benzene rings is 3. The Labute approximate surface area is 308 Å². The lowest BCUT2D eigenvalue weighted by Gasteiger charge is -2.43. The van der Waals surface area contributed by atoms with E-state index in [0.717, 1.165) is 63.0 Å². The van der Waals surface area contributed by atoms with Gasteiger partial charge in [-0.3, -0.25) is 4.90 Å². The number of fused-ring (bicyclic) bond motifs is 6. The summed E-state index contributed by atoms with van der Waals surface area (Å²) in [5, 5.41) is 0. The Morgan fingerprint density at radius 3 is 2.17 bits per heavy atom. The first kappa shape index (κ1) is 31.4. The number of para-hydroxylation sites is 2. The number of nitrogens with zero attached hydrogens (tertiary/aromatic N) is 4. The van der Waals surface area contributed by atoms with Gasteiger partial charge in [-0.1, -0.05) is 97.1 Å². The maximum Gasteiger partial charge on any atom is 0.211 e. The molecule has 52 heavy (non-hydrogen) atoms. The fourth-order valence-corrected chi connectivity index (χ4v) is 10.1. The molecule has 0 saturated heterocycles. The highest BCUT2D eigenvalue weighted by atomic mass is 15.4. The van der Waals surface area contributed by atoms with Crippen molar-refractivity contribution in [1.29, 1.82) is 0 Å².